The monoisotopic (exact) mass is 1150 g/mol. The van der Waals surface area contributed by atoms with E-state index in [1.165, 1.54) is 308 Å². The largest absolute Gasteiger partial charge is 0.462 e. The van der Waals surface area contributed by atoms with Gasteiger partial charge in [-0.05, 0) is 51.4 Å². The first-order valence-corrected chi connectivity index (χ1v) is 37.3. The van der Waals surface area contributed by atoms with Crippen LogP contribution >= 0.6 is 0 Å². The van der Waals surface area contributed by atoms with Crippen molar-refractivity contribution in [1.82, 2.24) is 0 Å². The molecule has 0 saturated carbocycles. The van der Waals surface area contributed by atoms with Gasteiger partial charge in [0.2, 0.25) is 0 Å². The van der Waals surface area contributed by atoms with Crippen LogP contribution < -0.4 is 0 Å². The molecule has 0 fully saturated rings. The quantitative estimate of drug-likeness (QED) is 0.0261. The molecule has 0 amide bonds. The number of carbonyl (C=O) groups excluding carboxylic acids is 3. The number of rotatable bonds is 70. The molecule has 0 aromatic carbocycles. The molecular weight excluding hydrogens is 1010 g/mol. The van der Waals surface area contributed by atoms with E-state index in [2.05, 4.69) is 45.1 Å². The van der Waals surface area contributed by atoms with Crippen LogP contribution in [0, 0.1) is 0 Å². The second-order valence-corrected chi connectivity index (χ2v) is 25.6. The average Bonchev–Trinajstić information content (AvgIpc) is 3.47. The molecule has 0 aromatic rings. The van der Waals surface area contributed by atoms with Crippen molar-refractivity contribution in [2.24, 2.45) is 0 Å². The molecule has 484 valence electrons. The summed E-state index contributed by atoms with van der Waals surface area (Å²) in [6.45, 7) is 6.69. The van der Waals surface area contributed by atoms with Crippen LogP contribution in [0.25, 0.3) is 0 Å². The number of ether oxygens (including phenoxy) is 3. The lowest BCUT2D eigenvalue weighted by atomic mass is 10.0. The minimum atomic E-state index is -0.774. The molecule has 0 bridgehead atoms. The van der Waals surface area contributed by atoms with Gasteiger partial charge in [0.1, 0.15) is 13.2 Å². The maximum Gasteiger partial charge on any atom is 0.306 e. The van der Waals surface area contributed by atoms with E-state index in [0.717, 1.165) is 77.0 Å². The number of esters is 3. The first-order chi connectivity index (χ1) is 40.5. The van der Waals surface area contributed by atoms with Gasteiger partial charge in [0.25, 0.3) is 0 Å². The average molecular weight is 1150 g/mol. The summed E-state index contributed by atoms with van der Waals surface area (Å²) in [5, 5.41) is 0. The van der Waals surface area contributed by atoms with E-state index in [1.54, 1.807) is 0 Å². The Morgan fingerprint density at radius 1 is 0.244 bits per heavy atom. The number of carbonyl (C=O) groups is 3. The topological polar surface area (TPSA) is 78.9 Å². The highest BCUT2D eigenvalue weighted by Crippen LogP contribution is 2.19. The lowest BCUT2D eigenvalue weighted by Gasteiger charge is -2.18. The summed E-state index contributed by atoms with van der Waals surface area (Å²) in [5.41, 5.74) is 0. The Hall–Kier alpha value is -2.11. The van der Waals surface area contributed by atoms with Gasteiger partial charge in [0, 0.05) is 19.3 Å². The molecule has 0 aromatic heterocycles. The van der Waals surface area contributed by atoms with Gasteiger partial charge in [-0.1, -0.05) is 379 Å². The fraction of sp³-hybridized carbons (Fsp3) is 0.908. The zero-order valence-electron chi connectivity index (χ0n) is 55.8. The fourth-order valence-electron chi connectivity index (χ4n) is 11.6. The van der Waals surface area contributed by atoms with Crippen LogP contribution in [0.1, 0.15) is 425 Å². The van der Waals surface area contributed by atoms with E-state index >= 15 is 0 Å². The van der Waals surface area contributed by atoms with E-state index in [9.17, 15) is 14.4 Å². The normalized spacial score (nSPS) is 12.1. The van der Waals surface area contributed by atoms with Crippen molar-refractivity contribution in [2.45, 2.75) is 431 Å². The van der Waals surface area contributed by atoms with Gasteiger partial charge in [-0.25, -0.2) is 0 Å². The third-order valence-electron chi connectivity index (χ3n) is 17.2. The first kappa shape index (κ1) is 79.9. The van der Waals surface area contributed by atoms with E-state index < -0.39 is 6.10 Å². The molecule has 0 heterocycles. The van der Waals surface area contributed by atoms with Gasteiger partial charge >= 0.3 is 17.9 Å². The van der Waals surface area contributed by atoms with Crippen LogP contribution in [-0.4, -0.2) is 37.2 Å². The van der Waals surface area contributed by atoms with Gasteiger partial charge in [-0.3, -0.25) is 14.4 Å². The highest BCUT2D eigenvalue weighted by Gasteiger charge is 2.20. The van der Waals surface area contributed by atoms with Crippen molar-refractivity contribution in [3.05, 3.63) is 24.3 Å². The van der Waals surface area contributed by atoms with Crippen LogP contribution in [0.4, 0.5) is 0 Å². The number of allylic oxidation sites excluding steroid dienone is 4. The van der Waals surface area contributed by atoms with Crippen molar-refractivity contribution < 1.29 is 28.6 Å². The number of unbranched alkanes of at least 4 members (excludes halogenated alkanes) is 55. The Labute approximate surface area is 513 Å². The lowest BCUT2D eigenvalue weighted by Crippen LogP contribution is -2.30. The van der Waals surface area contributed by atoms with Gasteiger partial charge in [-0.15, -0.1) is 0 Å². The Bertz CT molecular complexity index is 1320. The van der Waals surface area contributed by atoms with Crippen molar-refractivity contribution in [2.75, 3.05) is 13.2 Å². The SMILES string of the molecule is CCCCC/C=C\C/C=C\CCCCCCCC(=O)OCC(COC(=O)CCCCCCCCCCCCCCCCCCCCCCCCCCCCCCCCC)OC(=O)CCCCCCCCCCCCCCCCCCCC. The number of hydrogen-bond acceptors (Lipinski definition) is 6. The first-order valence-electron chi connectivity index (χ1n) is 37.3. The molecular formula is C76H144O6. The van der Waals surface area contributed by atoms with Crippen LogP contribution in [0.5, 0.6) is 0 Å². The summed E-state index contributed by atoms with van der Waals surface area (Å²) in [5.74, 6) is -0.849. The zero-order chi connectivity index (χ0) is 59.2. The molecule has 0 aliphatic rings. The van der Waals surface area contributed by atoms with E-state index in [-0.39, 0.29) is 31.1 Å². The Balaban J connectivity index is 4.15. The zero-order valence-corrected chi connectivity index (χ0v) is 55.8. The third-order valence-corrected chi connectivity index (χ3v) is 17.2. The smallest absolute Gasteiger partial charge is 0.306 e. The maximum atomic E-state index is 13.0. The lowest BCUT2D eigenvalue weighted by molar-refractivity contribution is -0.167. The van der Waals surface area contributed by atoms with Gasteiger partial charge in [0.05, 0.1) is 0 Å². The van der Waals surface area contributed by atoms with E-state index in [1.807, 2.05) is 0 Å². The Morgan fingerprint density at radius 2 is 0.439 bits per heavy atom. The Kier molecular flexibility index (Phi) is 69.5. The minimum absolute atomic E-state index is 0.0692. The van der Waals surface area contributed by atoms with Crippen LogP contribution in [0.3, 0.4) is 0 Å². The van der Waals surface area contributed by atoms with E-state index in [0.29, 0.717) is 19.3 Å². The fourth-order valence-corrected chi connectivity index (χ4v) is 11.6. The minimum Gasteiger partial charge on any atom is -0.462 e. The van der Waals surface area contributed by atoms with Gasteiger partial charge in [-0.2, -0.15) is 0 Å². The van der Waals surface area contributed by atoms with Gasteiger partial charge in [0.15, 0.2) is 6.10 Å². The third kappa shape index (κ3) is 68.7. The predicted molar refractivity (Wildman–Crippen MR) is 358 cm³/mol. The summed E-state index contributed by atoms with van der Waals surface area (Å²) < 4.78 is 17.0. The summed E-state index contributed by atoms with van der Waals surface area (Å²) >= 11 is 0. The molecule has 6 nitrogen and oxygen atoms in total. The van der Waals surface area contributed by atoms with Crippen LogP contribution in [0.15, 0.2) is 24.3 Å². The molecule has 0 saturated heterocycles. The van der Waals surface area contributed by atoms with E-state index in [4.69, 9.17) is 14.2 Å². The van der Waals surface area contributed by atoms with Crippen molar-refractivity contribution in [3.8, 4) is 0 Å². The second kappa shape index (κ2) is 71.4. The second-order valence-electron chi connectivity index (χ2n) is 25.6. The summed E-state index contributed by atoms with van der Waals surface area (Å²) in [7, 11) is 0. The summed E-state index contributed by atoms with van der Waals surface area (Å²) in [6.07, 6.45) is 88.0. The summed E-state index contributed by atoms with van der Waals surface area (Å²) in [6, 6.07) is 0. The molecule has 0 rings (SSSR count). The van der Waals surface area contributed by atoms with Gasteiger partial charge < -0.3 is 14.2 Å². The van der Waals surface area contributed by atoms with Crippen molar-refractivity contribution in [3.63, 3.8) is 0 Å². The molecule has 6 heteroatoms. The number of hydrogen-bond donors (Lipinski definition) is 0. The maximum absolute atomic E-state index is 13.0. The molecule has 0 radical (unpaired) electrons. The van der Waals surface area contributed by atoms with Crippen LogP contribution in [-0.2, 0) is 28.6 Å². The molecule has 0 N–H and O–H groups in total. The van der Waals surface area contributed by atoms with Crippen molar-refractivity contribution in [1.29, 1.82) is 0 Å². The highest BCUT2D eigenvalue weighted by molar-refractivity contribution is 5.71. The standard InChI is InChI=1S/C76H144O6/c1-4-7-10-13-16-19-22-25-28-30-32-33-34-35-36-37-38-39-40-41-42-43-44-46-48-51-54-57-60-63-66-69-75(78)81-72-73(71-80-74(77)68-65-62-59-56-53-50-47-27-24-21-18-15-12-9-6-3)82-76(79)70-67-64-61-58-55-52-49-45-31-29-26-23-20-17-14-11-8-5-2/h18,21,27,47,73H,4-17,19-20,22-26,28-46,48-72H2,1-3H3/b21-18-,47-27-. The molecule has 1 unspecified atom stereocenters. The van der Waals surface area contributed by atoms with Crippen molar-refractivity contribution >= 4 is 17.9 Å². The highest BCUT2D eigenvalue weighted by atomic mass is 16.6. The molecule has 0 spiro atoms. The van der Waals surface area contributed by atoms with Crippen LogP contribution in [0.2, 0.25) is 0 Å². The Morgan fingerprint density at radius 3 is 0.695 bits per heavy atom. The molecule has 82 heavy (non-hydrogen) atoms. The molecule has 1 atom stereocenters. The molecule has 0 aliphatic heterocycles. The molecule has 0 aliphatic carbocycles. The summed E-state index contributed by atoms with van der Waals surface area (Å²) in [4.78, 5) is 38.5. The predicted octanol–water partition coefficient (Wildman–Crippen LogP) is 25.7.